The van der Waals surface area contributed by atoms with E-state index in [1.807, 2.05) is 6.92 Å². The number of carboxylic acid groups (broad SMARTS) is 1. The summed E-state index contributed by atoms with van der Waals surface area (Å²) in [7, 11) is 1.66. The van der Waals surface area contributed by atoms with Crippen LogP contribution in [-0.4, -0.2) is 48.8 Å². The number of ether oxygens (including phenoxy) is 1. The molecule has 2 N–H and O–H groups in total. The normalized spacial score (nSPS) is 10.2. The van der Waals surface area contributed by atoms with Gasteiger partial charge in [-0.3, -0.25) is 0 Å². The first-order chi connectivity index (χ1) is 9.45. The quantitative estimate of drug-likeness (QED) is 0.783. The van der Waals surface area contributed by atoms with Crippen molar-refractivity contribution in [2.45, 2.75) is 13.8 Å². The number of aryl methyl sites for hydroxylation is 1. The van der Waals surface area contributed by atoms with Gasteiger partial charge in [-0.05, 0) is 31.5 Å². The van der Waals surface area contributed by atoms with E-state index in [1.165, 1.54) is 17.0 Å². The molecule has 0 unspecified atom stereocenters. The molecule has 1 rings (SSSR count). The van der Waals surface area contributed by atoms with Crippen molar-refractivity contribution in [1.29, 1.82) is 0 Å². The minimum Gasteiger partial charge on any atom is -0.478 e. The summed E-state index contributed by atoms with van der Waals surface area (Å²) in [6, 6.07) is 4.33. The van der Waals surface area contributed by atoms with Gasteiger partial charge < -0.3 is 20.1 Å². The molecule has 0 aromatic heterocycles. The van der Waals surface area contributed by atoms with Gasteiger partial charge in [0.25, 0.3) is 0 Å². The number of carbonyl (C=O) groups is 2. The highest BCUT2D eigenvalue weighted by Gasteiger charge is 2.12. The summed E-state index contributed by atoms with van der Waals surface area (Å²) in [4.78, 5) is 24.4. The molecule has 1 aromatic carbocycles. The second-order valence-electron chi connectivity index (χ2n) is 4.38. The number of hydrogen-bond acceptors (Lipinski definition) is 3. The Hall–Kier alpha value is -2.08. The van der Waals surface area contributed by atoms with E-state index in [1.54, 1.807) is 20.0 Å². The Labute approximate surface area is 118 Å². The molecule has 0 atom stereocenters. The van der Waals surface area contributed by atoms with Gasteiger partial charge in [-0.25, -0.2) is 9.59 Å². The Morgan fingerprint density at radius 3 is 2.70 bits per heavy atom. The highest BCUT2D eigenvalue weighted by molar-refractivity contribution is 5.93. The summed E-state index contributed by atoms with van der Waals surface area (Å²) in [5.41, 5.74) is 1.45. The first kappa shape index (κ1) is 16.0. The Kier molecular flexibility index (Phi) is 5.99. The minimum absolute atomic E-state index is 0.142. The molecule has 0 heterocycles. The Balaban J connectivity index is 2.69. The van der Waals surface area contributed by atoms with Crippen molar-refractivity contribution in [2.24, 2.45) is 0 Å². The van der Waals surface area contributed by atoms with Crippen molar-refractivity contribution < 1.29 is 19.4 Å². The van der Waals surface area contributed by atoms with Crippen molar-refractivity contribution in [2.75, 3.05) is 32.1 Å². The fourth-order valence-electron chi connectivity index (χ4n) is 1.55. The number of hydrogen-bond donors (Lipinski definition) is 2. The molecule has 6 nitrogen and oxygen atoms in total. The SMILES string of the molecule is CCOCCN(C)C(=O)Nc1cc(C(=O)O)ccc1C. The highest BCUT2D eigenvalue weighted by atomic mass is 16.5. The third-order valence-electron chi connectivity index (χ3n) is 2.85. The zero-order valence-electron chi connectivity index (χ0n) is 12.0. The van der Waals surface area contributed by atoms with Crippen LogP contribution in [0.15, 0.2) is 18.2 Å². The average molecular weight is 280 g/mol. The van der Waals surface area contributed by atoms with E-state index in [4.69, 9.17) is 9.84 Å². The zero-order valence-corrected chi connectivity index (χ0v) is 12.0. The smallest absolute Gasteiger partial charge is 0.335 e. The lowest BCUT2D eigenvalue weighted by molar-refractivity contribution is 0.0697. The minimum atomic E-state index is -1.02. The zero-order chi connectivity index (χ0) is 15.1. The number of carbonyl (C=O) groups excluding carboxylic acids is 1. The molecule has 0 aliphatic heterocycles. The van der Waals surface area contributed by atoms with Gasteiger partial charge in [-0.1, -0.05) is 6.07 Å². The van der Waals surface area contributed by atoms with Crippen LogP contribution in [0.4, 0.5) is 10.5 Å². The molecule has 0 radical (unpaired) electrons. The highest BCUT2D eigenvalue weighted by Crippen LogP contribution is 2.17. The summed E-state index contributed by atoms with van der Waals surface area (Å²) in [6.07, 6.45) is 0. The molecule has 0 fully saturated rings. The Morgan fingerprint density at radius 2 is 2.10 bits per heavy atom. The monoisotopic (exact) mass is 280 g/mol. The molecule has 0 aliphatic carbocycles. The van der Waals surface area contributed by atoms with E-state index in [0.29, 0.717) is 25.4 Å². The molecular weight excluding hydrogens is 260 g/mol. The van der Waals surface area contributed by atoms with E-state index in [-0.39, 0.29) is 11.6 Å². The number of aromatic carboxylic acids is 1. The van der Waals surface area contributed by atoms with Crippen molar-refractivity contribution >= 4 is 17.7 Å². The van der Waals surface area contributed by atoms with Gasteiger partial charge in [0.15, 0.2) is 0 Å². The van der Waals surface area contributed by atoms with E-state index in [9.17, 15) is 9.59 Å². The maximum Gasteiger partial charge on any atom is 0.335 e. The molecule has 20 heavy (non-hydrogen) atoms. The van der Waals surface area contributed by atoms with E-state index >= 15 is 0 Å². The largest absolute Gasteiger partial charge is 0.478 e. The summed E-state index contributed by atoms with van der Waals surface area (Å²) < 4.78 is 5.18. The number of likely N-dealkylation sites (N-methyl/N-ethyl adjacent to an activating group) is 1. The van der Waals surface area contributed by atoms with Crippen LogP contribution in [0.2, 0.25) is 0 Å². The lowest BCUT2D eigenvalue weighted by Gasteiger charge is -2.18. The van der Waals surface area contributed by atoms with Gasteiger partial charge in [0.05, 0.1) is 12.2 Å². The van der Waals surface area contributed by atoms with Gasteiger partial charge in [0.1, 0.15) is 0 Å². The molecule has 0 bridgehead atoms. The van der Waals surface area contributed by atoms with Crippen molar-refractivity contribution in [1.82, 2.24) is 4.90 Å². The number of amides is 2. The van der Waals surface area contributed by atoms with Gasteiger partial charge in [0.2, 0.25) is 0 Å². The lowest BCUT2D eigenvalue weighted by atomic mass is 10.1. The second-order valence-corrected chi connectivity index (χ2v) is 4.38. The molecule has 110 valence electrons. The predicted octanol–water partition coefficient (Wildman–Crippen LogP) is 2.19. The number of nitrogens with one attached hydrogen (secondary N) is 1. The van der Waals surface area contributed by atoms with Gasteiger partial charge in [0, 0.05) is 25.9 Å². The van der Waals surface area contributed by atoms with Crippen LogP contribution in [0, 0.1) is 6.92 Å². The standard InChI is InChI=1S/C14H20N2O4/c1-4-20-8-7-16(3)14(19)15-12-9-11(13(17)18)6-5-10(12)2/h5-6,9H,4,7-8H2,1-3H3,(H,15,19)(H,17,18). The van der Waals surface area contributed by atoms with Gasteiger partial charge in [-0.15, -0.1) is 0 Å². The van der Waals surface area contributed by atoms with Crippen LogP contribution in [-0.2, 0) is 4.74 Å². The van der Waals surface area contributed by atoms with Crippen molar-refractivity contribution in [3.05, 3.63) is 29.3 Å². The first-order valence-corrected chi connectivity index (χ1v) is 6.39. The first-order valence-electron chi connectivity index (χ1n) is 6.39. The van der Waals surface area contributed by atoms with Crippen LogP contribution in [0.3, 0.4) is 0 Å². The number of carboxylic acids is 1. The van der Waals surface area contributed by atoms with E-state index in [0.717, 1.165) is 5.56 Å². The number of rotatable bonds is 6. The summed E-state index contributed by atoms with van der Waals surface area (Å²) in [6.45, 7) is 5.24. The maximum atomic E-state index is 12.0. The van der Waals surface area contributed by atoms with Crippen LogP contribution >= 0.6 is 0 Å². The third-order valence-corrected chi connectivity index (χ3v) is 2.85. The molecule has 6 heteroatoms. The van der Waals surface area contributed by atoms with Crippen LogP contribution < -0.4 is 5.32 Å². The van der Waals surface area contributed by atoms with E-state index < -0.39 is 5.97 Å². The topological polar surface area (TPSA) is 78.9 Å². The van der Waals surface area contributed by atoms with Crippen molar-refractivity contribution in [3.8, 4) is 0 Å². The van der Waals surface area contributed by atoms with Crippen LogP contribution in [0.5, 0.6) is 0 Å². The van der Waals surface area contributed by atoms with Crippen LogP contribution in [0.1, 0.15) is 22.8 Å². The molecule has 2 amide bonds. The van der Waals surface area contributed by atoms with E-state index in [2.05, 4.69) is 5.32 Å². The number of urea groups is 1. The van der Waals surface area contributed by atoms with Crippen molar-refractivity contribution in [3.63, 3.8) is 0 Å². The lowest BCUT2D eigenvalue weighted by Crippen LogP contribution is -2.34. The summed E-state index contributed by atoms with van der Waals surface area (Å²) in [5, 5.41) is 11.6. The average Bonchev–Trinajstić information content (AvgIpc) is 2.41. The number of nitrogens with zero attached hydrogens (tertiary/aromatic N) is 1. The molecule has 0 spiro atoms. The fraction of sp³-hybridized carbons (Fsp3) is 0.429. The Bertz CT molecular complexity index is 488. The molecule has 1 aromatic rings. The molecule has 0 saturated heterocycles. The molecule has 0 saturated carbocycles. The predicted molar refractivity (Wildman–Crippen MR) is 76.3 cm³/mol. The Morgan fingerprint density at radius 1 is 1.40 bits per heavy atom. The molecular formula is C14H20N2O4. The van der Waals surface area contributed by atoms with Gasteiger partial charge >= 0.3 is 12.0 Å². The summed E-state index contributed by atoms with van der Waals surface area (Å²) in [5.74, 6) is -1.02. The summed E-state index contributed by atoms with van der Waals surface area (Å²) >= 11 is 0. The third kappa shape index (κ3) is 4.55. The number of anilines is 1. The second kappa shape index (κ2) is 7.49. The number of benzene rings is 1. The van der Waals surface area contributed by atoms with Crippen LogP contribution in [0.25, 0.3) is 0 Å². The van der Waals surface area contributed by atoms with Gasteiger partial charge in [-0.2, -0.15) is 0 Å². The fourth-order valence-corrected chi connectivity index (χ4v) is 1.55. The molecule has 0 aliphatic rings. The maximum absolute atomic E-state index is 12.0.